The van der Waals surface area contributed by atoms with Gasteiger partial charge in [-0.1, -0.05) is 12.1 Å². The van der Waals surface area contributed by atoms with Crippen LogP contribution in [0.3, 0.4) is 0 Å². The highest BCUT2D eigenvalue weighted by molar-refractivity contribution is 5.91. The Morgan fingerprint density at radius 2 is 1.82 bits per heavy atom. The summed E-state index contributed by atoms with van der Waals surface area (Å²) in [5, 5.41) is 0. The van der Waals surface area contributed by atoms with Gasteiger partial charge in [-0.15, -0.1) is 0 Å². The van der Waals surface area contributed by atoms with Crippen LogP contribution in [0, 0.1) is 0 Å². The van der Waals surface area contributed by atoms with Crippen LogP contribution >= 0.6 is 0 Å². The van der Waals surface area contributed by atoms with E-state index in [1.807, 2.05) is 0 Å². The van der Waals surface area contributed by atoms with Crippen molar-refractivity contribution in [1.29, 1.82) is 0 Å². The van der Waals surface area contributed by atoms with Gasteiger partial charge in [-0.2, -0.15) is 8.78 Å². The molecule has 1 unspecified atom stereocenters. The van der Waals surface area contributed by atoms with Crippen molar-refractivity contribution in [2.45, 2.75) is 18.5 Å². The normalized spacial score (nSPS) is 19.7. The predicted octanol–water partition coefficient (Wildman–Crippen LogP) is 2.81. The van der Waals surface area contributed by atoms with Gasteiger partial charge in [0.05, 0.1) is 7.11 Å². The molecule has 2 heterocycles. The maximum absolute atomic E-state index is 13.9. The van der Waals surface area contributed by atoms with Crippen molar-refractivity contribution in [2.24, 2.45) is 0 Å². The molecule has 0 saturated carbocycles. The lowest BCUT2D eigenvalue weighted by molar-refractivity contribution is -0.207. The topological polar surface area (TPSA) is 42.4 Å². The maximum Gasteiger partial charge on any atom is 0.348 e. The number of halogens is 2. The SMILES string of the molecule is COc1ccc(CN2C(=O)C(F)(F)C2c2ccncc2)cc1. The number of likely N-dealkylation sites (tertiary alicyclic amines) is 1. The second-order valence-electron chi connectivity index (χ2n) is 5.09. The zero-order valence-electron chi connectivity index (χ0n) is 11.9. The molecule has 6 heteroatoms. The molecule has 0 bridgehead atoms. The van der Waals surface area contributed by atoms with Crippen LogP contribution in [0.1, 0.15) is 17.2 Å². The quantitative estimate of drug-likeness (QED) is 0.816. The van der Waals surface area contributed by atoms with E-state index in [1.165, 1.54) is 29.4 Å². The molecule has 2 aromatic rings. The van der Waals surface area contributed by atoms with E-state index in [9.17, 15) is 13.6 Å². The van der Waals surface area contributed by atoms with Crippen molar-refractivity contribution in [1.82, 2.24) is 9.88 Å². The molecule has 1 amide bonds. The number of benzene rings is 1. The van der Waals surface area contributed by atoms with Crippen LogP contribution in [-0.4, -0.2) is 28.8 Å². The Morgan fingerprint density at radius 1 is 1.18 bits per heavy atom. The molecule has 1 saturated heterocycles. The third-order valence-electron chi connectivity index (χ3n) is 3.73. The Balaban J connectivity index is 1.83. The van der Waals surface area contributed by atoms with Crippen molar-refractivity contribution in [2.75, 3.05) is 7.11 Å². The number of carbonyl (C=O) groups excluding carboxylic acids is 1. The largest absolute Gasteiger partial charge is 0.497 e. The number of hydrogen-bond donors (Lipinski definition) is 0. The standard InChI is InChI=1S/C16H14F2N2O2/c1-22-13-4-2-11(3-5-13)10-20-14(16(17,18)15(20)21)12-6-8-19-9-7-12/h2-9,14H,10H2,1H3. The number of methoxy groups -OCH3 is 1. The van der Waals surface area contributed by atoms with Crippen LogP contribution < -0.4 is 4.74 Å². The molecular formula is C16H14F2N2O2. The van der Waals surface area contributed by atoms with Crippen LogP contribution in [0.2, 0.25) is 0 Å². The summed E-state index contributed by atoms with van der Waals surface area (Å²) >= 11 is 0. The molecule has 0 aliphatic carbocycles. The Labute approximate surface area is 126 Å². The molecule has 114 valence electrons. The minimum atomic E-state index is -3.37. The van der Waals surface area contributed by atoms with Crippen molar-refractivity contribution >= 4 is 5.91 Å². The highest BCUT2D eigenvalue weighted by atomic mass is 19.3. The Morgan fingerprint density at radius 3 is 2.41 bits per heavy atom. The van der Waals surface area contributed by atoms with Gasteiger partial charge in [0.1, 0.15) is 11.8 Å². The molecule has 1 fully saturated rings. The summed E-state index contributed by atoms with van der Waals surface area (Å²) in [5.41, 5.74) is 1.15. The van der Waals surface area contributed by atoms with Crippen molar-refractivity contribution in [3.8, 4) is 5.75 Å². The second-order valence-corrected chi connectivity index (χ2v) is 5.09. The Bertz CT molecular complexity index is 674. The lowest BCUT2D eigenvalue weighted by atomic mass is 9.89. The van der Waals surface area contributed by atoms with Crippen LogP contribution in [0.5, 0.6) is 5.75 Å². The first-order chi connectivity index (χ1) is 10.5. The number of rotatable bonds is 4. The van der Waals surface area contributed by atoms with E-state index < -0.39 is 17.9 Å². The number of ether oxygens (including phenoxy) is 1. The molecule has 22 heavy (non-hydrogen) atoms. The van der Waals surface area contributed by atoms with E-state index in [4.69, 9.17) is 4.74 Å². The van der Waals surface area contributed by atoms with Gasteiger partial charge < -0.3 is 9.64 Å². The predicted molar refractivity (Wildman–Crippen MR) is 75.5 cm³/mol. The smallest absolute Gasteiger partial charge is 0.348 e. The fraction of sp³-hybridized carbons (Fsp3) is 0.250. The number of aromatic nitrogens is 1. The molecule has 1 atom stereocenters. The average Bonchev–Trinajstić information content (AvgIpc) is 2.55. The summed E-state index contributed by atoms with van der Waals surface area (Å²) in [6, 6.07) is 8.75. The van der Waals surface area contributed by atoms with E-state index in [0.717, 1.165) is 5.56 Å². The van der Waals surface area contributed by atoms with Gasteiger partial charge >= 0.3 is 5.92 Å². The lowest BCUT2D eigenvalue weighted by Crippen LogP contribution is -2.63. The number of hydrogen-bond acceptors (Lipinski definition) is 3. The number of nitrogens with zero attached hydrogens (tertiary/aromatic N) is 2. The molecule has 0 radical (unpaired) electrons. The van der Waals surface area contributed by atoms with E-state index in [2.05, 4.69) is 4.98 Å². The highest BCUT2D eigenvalue weighted by Crippen LogP contribution is 2.47. The Kier molecular flexibility index (Phi) is 3.52. The molecule has 1 aliphatic heterocycles. The van der Waals surface area contributed by atoms with Crippen molar-refractivity contribution in [3.63, 3.8) is 0 Å². The van der Waals surface area contributed by atoms with Gasteiger partial charge in [-0.3, -0.25) is 9.78 Å². The Hall–Kier alpha value is -2.50. The zero-order chi connectivity index (χ0) is 15.7. The van der Waals surface area contributed by atoms with Gasteiger partial charge in [-0.05, 0) is 35.4 Å². The number of β-lactam (4-membered cyclic amide) rings is 1. The lowest BCUT2D eigenvalue weighted by Gasteiger charge is -2.46. The van der Waals surface area contributed by atoms with E-state index in [0.29, 0.717) is 11.3 Å². The first-order valence-corrected chi connectivity index (χ1v) is 6.76. The average molecular weight is 304 g/mol. The summed E-state index contributed by atoms with van der Waals surface area (Å²) in [5.74, 6) is -3.84. The molecule has 1 aromatic heterocycles. The molecular weight excluding hydrogens is 290 g/mol. The van der Waals surface area contributed by atoms with Crippen LogP contribution in [0.15, 0.2) is 48.8 Å². The molecule has 0 spiro atoms. The zero-order valence-corrected chi connectivity index (χ0v) is 11.9. The maximum atomic E-state index is 13.9. The number of pyridine rings is 1. The third kappa shape index (κ3) is 2.30. The first-order valence-electron chi connectivity index (χ1n) is 6.76. The number of alkyl halides is 2. The molecule has 1 aromatic carbocycles. The van der Waals surface area contributed by atoms with E-state index in [1.54, 1.807) is 31.4 Å². The monoisotopic (exact) mass is 304 g/mol. The van der Waals surface area contributed by atoms with Gasteiger partial charge in [0.25, 0.3) is 5.91 Å². The van der Waals surface area contributed by atoms with Gasteiger partial charge in [0, 0.05) is 18.9 Å². The van der Waals surface area contributed by atoms with Gasteiger partial charge in [0.2, 0.25) is 0 Å². The van der Waals surface area contributed by atoms with Crippen molar-refractivity contribution in [3.05, 3.63) is 59.9 Å². The molecule has 1 aliphatic rings. The first kappa shape index (κ1) is 14.4. The highest BCUT2D eigenvalue weighted by Gasteiger charge is 2.63. The van der Waals surface area contributed by atoms with E-state index in [-0.39, 0.29) is 6.54 Å². The number of amides is 1. The van der Waals surface area contributed by atoms with Crippen LogP contribution in [0.25, 0.3) is 0 Å². The fourth-order valence-electron chi connectivity index (χ4n) is 2.58. The van der Waals surface area contributed by atoms with Crippen LogP contribution in [0.4, 0.5) is 8.78 Å². The molecule has 0 N–H and O–H groups in total. The molecule has 3 rings (SSSR count). The second kappa shape index (κ2) is 5.36. The number of carbonyl (C=O) groups is 1. The summed E-state index contributed by atoms with van der Waals surface area (Å²) in [7, 11) is 1.55. The minimum Gasteiger partial charge on any atom is -0.497 e. The van der Waals surface area contributed by atoms with E-state index >= 15 is 0 Å². The molecule has 4 nitrogen and oxygen atoms in total. The van der Waals surface area contributed by atoms with Gasteiger partial charge in [-0.25, -0.2) is 0 Å². The van der Waals surface area contributed by atoms with Crippen LogP contribution in [-0.2, 0) is 11.3 Å². The van der Waals surface area contributed by atoms with Crippen molar-refractivity contribution < 1.29 is 18.3 Å². The third-order valence-corrected chi connectivity index (χ3v) is 3.73. The summed E-state index contributed by atoms with van der Waals surface area (Å²) in [6.07, 6.45) is 2.89. The summed E-state index contributed by atoms with van der Waals surface area (Å²) in [4.78, 5) is 16.7. The van der Waals surface area contributed by atoms with Gasteiger partial charge in [0.15, 0.2) is 0 Å². The fourth-order valence-corrected chi connectivity index (χ4v) is 2.58. The summed E-state index contributed by atoms with van der Waals surface area (Å²) in [6.45, 7) is 0.130. The minimum absolute atomic E-state index is 0.130. The summed E-state index contributed by atoms with van der Waals surface area (Å²) < 4.78 is 32.9.